The zero-order valence-electron chi connectivity index (χ0n) is 14.9. The number of ether oxygens (including phenoxy) is 1. The van der Waals surface area contributed by atoms with E-state index >= 15 is 0 Å². The van der Waals surface area contributed by atoms with E-state index in [1.165, 1.54) is 16.8 Å². The first-order chi connectivity index (χ1) is 12.0. The summed E-state index contributed by atoms with van der Waals surface area (Å²) in [4.78, 5) is 26.2. The van der Waals surface area contributed by atoms with Crippen molar-refractivity contribution in [1.29, 1.82) is 0 Å². The molecule has 7 nitrogen and oxygen atoms in total. The minimum Gasteiger partial charge on any atom is -0.383 e. The highest BCUT2D eigenvalue weighted by Crippen LogP contribution is 2.10. The number of nitrogens with one attached hydrogen (secondary N) is 1. The zero-order chi connectivity index (χ0) is 18.2. The lowest BCUT2D eigenvalue weighted by Gasteiger charge is -2.14. The van der Waals surface area contributed by atoms with Gasteiger partial charge >= 0.3 is 0 Å². The van der Waals surface area contributed by atoms with Crippen molar-refractivity contribution in [2.75, 3.05) is 27.8 Å². The van der Waals surface area contributed by atoms with Crippen molar-refractivity contribution in [2.45, 2.75) is 19.6 Å². The molecule has 25 heavy (non-hydrogen) atoms. The van der Waals surface area contributed by atoms with Gasteiger partial charge in [0.1, 0.15) is 5.69 Å². The second-order valence-corrected chi connectivity index (χ2v) is 5.96. The molecule has 0 fully saturated rings. The first kappa shape index (κ1) is 18.8. The van der Waals surface area contributed by atoms with Gasteiger partial charge in [-0.1, -0.05) is 24.3 Å². The van der Waals surface area contributed by atoms with Gasteiger partial charge in [-0.25, -0.2) is 4.68 Å². The quantitative estimate of drug-likeness (QED) is 0.769. The van der Waals surface area contributed by atoms with Gasteiger partial charge in [0, 0.05) is 26.3 Å². The first-order valence-corrected chi connectivity index (χ1v) is 8.08. The van der Waals surface area contributed by atoms with E-state index in [1.54, 1.807) is 7.11 Å². The van der Waals surface area contributed by atoms with Crippen molar-refractivity contribution in [3.63, 3.8) is 0 Å². The molecule has 0 saturated carbocycles. The van der Waals surface area contributed by atoms with Crippen molar-refractivity contribution in [2.24, 2.45) is 0 Å². The summed E-state index contributed by atoms with van der Waals surface area (Å²) in [7, 11) is 5.55. The van der Waals surface area contributed by atoms with Crippen LogP contribution in [-0.4, -0.2) is 48.4 Å². The number of carbonyl (C=O) groups is 1. The molecule has 134 valence electrons. The summed E-state index contributed by atoms with van der Waals surface area (Å²) < 4.78 is 6.18. The fraction of sp³-hybridized carbons (Fsp3) is 0.389. The summed E-state index contributed by atoms with van der Waals surface area (Å²) in [5, 5.41) is 6.96. The number of methoxy groups -OCH3 is 1. The number of carbonyl (C=O) groups excluding carboxylic acids is 1. The van der Waals surface area contributed by atoms with E-state index in [0.717, 1.165) is 17.7 Å². The molecule has 0 saturated heterocycles. The Morgan fingerprint density at radius 1 is 1.20 bits per heavy atom. The number of amides is 1. The van der Waals surface area contributed by atoms with Gasteiger partial charge in [0.25, 0.3) is 11.5 Å². The predicted octanol–water partition coefficient (Wildman–Crippen LogP) is 0.881. The highest BCUT2D eigenvalue weighted by Gasteiger charge is 2.11. The van der Waals surface area contributed by atoms with E-state index in [0.29, 0.717) is 19.7 Å². The molecular weight excluding hydrogens is 320 g/mol. The minimum atomic E-state index is -0.314. The largest absolute Gasteiger partial charge is 0.383 e. The number of nitrogens with zero attached hydrogens (tertiary/aromatic N) is 3. The highest BCUT2D eigenvalue weighted by molar-refractivity contribution is 5.91. The summed E-state index contributed by atoms with van der Waals surface area (Å²) >= 11 is 0. The maximum atomic E-state index is 12.4. The van der Waals surface area contributed by atoms with E-state index in [-0.39, 0.29) is 17.2 Å². The number of benzene rings is 1. The van der Waals surface area contributed by atoms with Gasteiger partial charge in [-0.3, -0.25) is 9.59 Å². The van der Waals surface area contributed by atoms with Crippen LogP contribution in [0.3, 0.4) is 0 Å². The van der Waals surface area contributed by atoms with E-state index in [9.17, 15) is 9.59 Å². The molecule has 0 bridgehead atoms. The maximum Gasteiger partial charge on any atom is 0.271 e. The molecular formula is C18H24N4O3. The molecule has 0 aliphatic carbocycles. The van der Waals surface area contributed by atoms with Crippen molar-refractivity contribution >= 4 is 5.91 Å². The smallest absolute Gasteiger partial charge is 0.271 e. The Morgan fingerprint density at radius 3 is 2.60 bits per heavy atom. The minimum absolute atomic E-state index is 0.209. The van der Waals surface area contributed by atoms with E-state index in [2.05, 4.69) is 15.3 Å². The normalized spacial score (nSPS) is 10.9. The van der Waals surface area contributed by atoms with Crippen molar-refractivity contribution < 1.29 is 9.53 Å². The summed E-state index contributed by atoms with van der Waals surface area (Å²) in [6.07, 6.45) is 0. The molecule has 0 aliphatic heterocycles. The summed E-state index contributed by atoms with van der Waals surface area (Å²) in [6.45, 7) is 1.87. The number of aromatic nitrogens is 2. The van der Waals surface area contributed by atoms with Crippen LogP contribution in [0, 0.1) is 0 Å². The molecule has 1 N–H and O–H groups in total. The molecule has 0 aliphatic rings. The Bertz CT molecular complexity index is 771. The SMILES string of the molecule is COCCn1nc(C(=O)NCc2ccccc2CN(C)C)ccc1=O. The van der Waals surface area contributed by atoms with Crippen LogP contribution in [0.2, 0.25) is 0 Å². The number of rotatable bonds is 8. The Kier molecular flexibility index (Phi) is 6.85. The van der Waals surface area contributed by atoms with Crippen LogP contribution in [0.1, 0.15) is 21.6 Å². The number of hydrogen-bond acceptors (Lipinski definition) is 5. The average Bonchev–Trinajstić information content (AvgIpc) is 2.59. The van der Waals surface area contributed by atoms with Crippen LogP contribution in [0.15, 0.2) is 41.2 Å². The van der Waals surface area contributed by atoms with Crippen LogP contribution in [0.5, 0.6) is 0 Å². The summed E-state index contributed by atoms with van der Waals surface area (Å²) in [6, 6.07) is 10.8. The van der Waals surface area contributed by atoms with Crippen molar-refractivity contribution in [1.82, 2.24) is 20.0 Å². The van der Waals surface area contributed by atoms with E-state index in [4.69, 9.17) is 4.74 Å². The van der Waals surface area contributed by atoms with Gasteiger partial charge in [0.05, 0.1) is 13.2 Å². The Labute approximate surface area is 147 Å². The van der Waals surface area contributed by atoms with Crippen LogP contribution >= 0.6 is 0 Å². The molecule has 1 aromatic carbocycles. The average molecular weight is 344 g/mol. The molecule has 0 atom stereocenters. The fourth-order valence-corrected chi connectivity index (χ4v) is 2.40. The topological polar surface area (TPSA) is 76.5 Å². The van der Waals surface area contributed by atoms with Gasteiger partial charge in [-0.2, -0.15) is 5.10 Å². The van der Waals surface area contributed by atoms with Crippen molar-refractivity contribution in [3.8, 4) is 0 Å². The van der Waals surface area contributed by atoms with Crippen LogP contribution < -0.4 is 10.9 Å². The third kappa shape index (κ3) is 5.51. The molecule has 0 radical (unpaired) electrons. The standard InChI is InChI=1S/C18H24N4O3/c1-21(2)13-15-7-5-4-6-14(15)12-19-18(24)16-8-9-17(23)22(20-16)10-11-25-3/h4-9H,10-13H2,1-3H3,(H,19,24). The highest BCUT2D eigenvalue weighted by atomic mass is 16.5. The molecule has 2 aromatic rings. The monoisotopic (exact) mass is 344 g/mol. The Morgan fingerprint density at radius 2 is 1.92 bits per heavy atom. The lowest BCUT2D eigenvalue weighted by atomic mass is 10.1. The first-order valence-electron chi connectivity index (χ1n) is 8.08. The maximum absolute atomic E-state index is 12.4. The lowest BCUT2D eigenvalue weighted by molar-refractivity contribution is 0.0942. The third-order valence-electron chi connectivity index (χ3n) is 3.65. The third-order valence-corrected chi connectivity index (χ3v) is 3.65. The Hall–Kier alpha value is -2.51. The molecule has 0 spiro atoms. The zero-order valence-corrected chi connectivity index (χ0v) is 14.9. The molecule has 7 heteroatoms. The molecule has 1 aromatic heterocycles. The molecule has 1 heterocycles. The lowest BCUT2D eigenvalue weighted by Crippen LogP contribution is -2.30. The molecule has 1 amide bonds. The van der Waals surface area contributed by atoms with Gasteiger partial charge in [-0.05, 0) is 31.3 Å². The summed E-state index contributed by atoms with van der Waals surface area (Å²) in [5.74, 6) is -0.314. The van der Waals surface area contributed by atoms with Gasteiger partial charge in [0.15, 0.2) is 0 Å². The van der Waals surface area contributed by atoms with E-state index in [1.807, 2.05) is 38.4 Å². The van der Waals surface area contributed by atoms with Gasteiger partial charge in [0.2, 0.25) is 0 Å². The predicted molar refractivity (Wildman–Crippen MR) is 95.4 cm³/mol. The summed E-state index contributed by atoms with van der Waals surface area (Å²) in [5.41, 5.74) is 2.16. The second kappa shape index (κ2) is 9.10. The van der Waals surface area contributed by atoms with Gasteiger partial charge < -0.3 is 15.0 Å². The van der Waals surface area contributed by atoms with Crippen LogP contribution in [0.4, 0.5) is 0 Å². The molecule has 2 rings (SSSR count). The van der Waals surface area contributed by atoms with Crippen LogP contribution in [-0.2, 0) is 24.4 Å². The van der Waals surface area contributed by atoms with E-state index < -0.39 is 0 Å². The van der Waals surface area contributed by atoms with Crippen molar-refractivity contribution in [3.05, 3.63) is 63.6 Å². The second-order valence-electron chi connectivity index (χ2n) is 5.96. The van der Waals surface area contributed by atoms with Crippen LogP contribution in [0.25, 0.3) is 0 Å². The van der Waals surface area contributed by atoms with Gasteiger partial charge in [-0.15, -0.1) is 0 Å². The fourth-order valence-electron chi connectivity index (χ4n) is 2.40. The molecule has 0 unspecified atom stereocenters. The Balaban J connectivity index is 2.07. The number of hydrogen-bond donors (Lipinski definition) is 1.